The fourth-order valence-corrected chi connectivity index (χ4v) is 1.47. The molecule has 19 heavy (non-hydrogen) atoms. The summed E-state index contributed by atoms with van der Waals surface area (Å²) in [6.07, 6.45) is 0.872. The number of carbonyl (C=O) groups excluding carboxylic acids is 1. The zero-order valence-electron chi connectivity index (χ0n) is 12.0. The largest absolute Gasteiger partial charge is 0.494 e. The number of rotatable bonds is 6. The first-order valence-electron chi connectivity index (χ1n) is 6.28. The molecule has 106 valence electrons. The Morgan fingerprint density at radius 3 is 2.53 bits per heavy atom. The van der Waals surface area contributed by atoms with Crippen molar-refractivity contribution >= 4 is 5.78 Å². The molecule has 0 aliphatic carbocycles. The lowest BCUT2D eigenvalue weighted by atomic mass is 9.93. The van der Waals surface area contributed by atoms with Crippen molar-refractivity contribution in [2.75, 3.05) is 20.3 Å². The molecule has 1 aromatic rings. The summed E-state index contributed by atoms with van der Waals surface area (Å²) in [6.45, 7) is 6.82. The Morgan fingerprint density at radius 2 is 2.00 bits per heavy atom. The Morgan fingerprint density at radius 1 is 1.32 bits per heavy atom. The topological polar surface area (TPSA) is 35.5 Å². The van der Waals surface area contributed by atoms with Gasteiger partial charge in [0, 0.05) is 12.2 Å². The maximum atomic E-state index is 13.4. The van der Waals surface area contributed by atoms with E-state index in [1.54, 1.807) is 0 Å². The lowest BCUT2D eigenvalue weighted by Crippen LogP contribution is -2.14. The Bertz CT molecular complexity index is 436. The molecular weight excluding hydrogens is 247 g/mol. The minimum absolute atomic E-state index is 0.0259. The minimum Gasteiger partial charge on any atom is -0.494 e. The van der Waals surface area contributed by atoms with E-state index in [-0.39, 0.29) is 23.6 Å². The van der Waals surface area contributed by atoms with Gasteiger partial charge >= 0.3 is 0 Å². The predicted molar refractivity (Wildman–Crippen MR) is 72.2 cm³/mol. The third kappa shape index (κ3) is 5.39. The third-order valence-corrected chi connectivity index (χ3v) is 2.70. The van der Waals surface area contributed by atoms with Crippen LogP contribution < -0.4 is 4.74 Å². The van der Waals surface area contributed by atoms with Gasteiger partial charge in [-0.2, -0.15) is 0 Å². The van der Waals surface area contributed by atoms with E-state index in [0.29, 0.717) is 12.2 Å². The van der Waals surface area contributed by atoms with Gasteiger partial charge in [0.25, 0.3) is 0 Å². The highest BCUT2D eigenvalue weighted by molar-refractivity contribution is 5.97. The zero-order valence-corrected chi connectivity index (χ0v) is 12.0. The third-order valence-electron chi connectivity index (χ3n) is 2.70. The molecular formula is C15H21FO3. The summed E-state index contributed by atoms with van der Waals surface area (Å²) in [4.78, 5) is 11.8. The fourth-order valence-electron chi connectivity index (χ4n) is 1.47. The molecule has 0 bridgehead atoms. The van der Waals surface area contributed by atoms with Crippen LogP contribution in [-0.4, -0.2) is 26.1 Å². The van der Waals surface area contributed by atoms with Crippen LogP contribution >= 0.6 is 0 Å². The molecule has 0 amide bonds. The van der Waals surface area contributed by atoms with Crippen molar-refractivity contribution in [2.45, 2.75) is 27.2 Å². The van der Waals surface area contributed by atoms with Gasteiger partial charge < -0.3 is 9.47 Å². The maximum Gasteiger partial charge on any atom is 0.188 e. The normalized spacial score (nSPS) is 11.4. The van der Waals surface area contributed by atoms with Gasteiger partial charge in [-0.1, -0.05) is 20.8 Å². The second kappa shape index (κ2) is 6.66. The summed E-state index contributed by atoms with van der Waals surface area (Å²) in [5.41, 5.74) is 0.476. The van der Waals surface area contributed by atoms with E-state index in [4.69, 9.17) is 9.47 Å². The average molecular weight is 268 g/mol. The molecule has 0 radical (unpaired) electrons. The quantitative estimate of drug-likeness (QED) is 0.585. The molecule has 0 unspecified atom stereocenters. The lowest BCUT2D eigenvalue weighted by molar-refractivity contribution is 0.0705. The Balaban J connectivity index is 2.48. The molecule has 0 aliphatic heterocycles. The molecule has 0 aliphatic rings. The molecule has 1 rings (SSSR count). The molecule has 0 saturated heterocycles. The molecule has 0 saturated carbocycles. The second-order valence-electron chi connectivity index (χ2n) is 5.64. The van der Waals surface area contributed by atoms with E-state index in [2.05, 4.69) is 20.8 Å². The van der Waals surface area contributed by atoms with Gasteiger partial charge in [0.2, 0.25) is 0 Å². The summed E-state index contributed by atoms with van der Waals surface area (Å²) in [6, 6.07) is 4.16. The predicted octanol–water partition coefficient (Wildman–Crippen LogP) is 3.47. The van der Waals surface area contributed by atoms with Crippen molar-refractivity contribution in [3.05, 3.63) is 29.6 Å². The highest BCUT2D eigenvalue weighted by Crippen LogP contribution is 2.19. The molecule has 0 aromatic heterocycles. The van der Waals surface area contributed by atoms with Crippen molar-refractivity contribution in [3.63, 3.8) is 0 Å². The van der Waals surface area contributed by atoms with Crippen molar-refractivity contribution in [2.24, 2.45) is 5.41 Å². The van der Waals surface area contributed by atoms with E-state index in [1.165, 1.54) is 25.3 Å². The highest BCUT2D eigenvalue weighted by Gasteiger charge is 2.12. The molecule has 0 N–H and O–H groups in total. The van der Waals surface area contributed by atoms with E-state index < -0.39 is 5.82 Å². The van der Waals surface area contributed by atoms with E-state index in [1.807, 2.05) is 0 Å². The molecule has 0 heterocycles. The number of hydrogen-bond acceptors (Lipinski definition) is 3. The molecule has 0 fully saturated rings. The van der Waals surface area contributed by atoms with E-state index >= 15 is 0 Å². The monoisotopic (exact) mass is 268 g/mol. The zero-order chi connectivity index (χ0) is 14.5. The number of carbonyl (C=O) groups is 1. The molecule has 4 heteroatoms. The highest BCUT2D eigenvalue weighted by atomic mass is 19.1. The van der Waals surface area contributed by atoms with Crippen LogP contribution in [0.4, 0.5) is 4.39 Å². The number of ketones is 1. The first-order chi connectivity index (χ1) is 8.83. The summed E-state index contributed by atoms with van der Waals surface area (Å²) < 4.78 is 23.6. The smallest absolute Gasteiger partial charge is 0.188 e. The van der Waals surface area contributed by atoms with Gasteiger partial charge in [0.15, 0.2) is 17.3 Å². The Labute approximate surface area is 113 Å². The number of benzene rings is 1. The summed E-state index contributed by atoms with van der Waals surface area (Å²) in [5.74, 6) is -0.635. The van der Waals surface area contributed by atoms with Crippen molar-refractivity contribution in [1.82, 2.24) is 0 Å². The van der Waals surface area contributed by atoms with Gasteiger partial charge in [-0.25, -0.2) is 4.39 Å². The van der Waals surface area contributed by atoms with Gasteiger partial charge in [-0.15, -0.1) is 0 Å². The lowest BCUT2D eigenvalue weighted by Gasteiger charge is -2.17. The van der Waals surface area contributed by atoms with Gasteiger partial charge in [0.05, 0.1) is 7.11 Å². The van der Waals surface area contributed by atoms with Crippen LogP contribution in [0.1, 0.15) is 37.6 Å². The van der Waals surface area contributed by atoms with Crippen LogP contribution in [0, 0.1) is 11.2 Å². The van der Waals surface area contributed by atoms with Gasteiger partial charge in [-0.05, 0) is 30.0 Å². The van der Waals surface area contributed by atoms with Crippen LogP contribution in [0.2, 0.25) is 0 Å². The van der Waals surface area contributed by atoms with Gasteiger partial charge in [-0.3, -0.25) is 4.79 Å². The second-order valence-corrected chi connectivity index (χ2v) is 5.64. The SMILES string of the molecule is COc1ccc(C(=O)COCCC(C)(C)C)cc1F. The minimum atomic E-state index is -0.539. The number of Topliss-reactive ketones (excluding diaryl/α,β-unsaturated/α-hetero) is 1. The maximum absolute atomic E-state index is 13.4. The summed E-state index contributed by atoms with van der Waals surface area (Å²) in [7, 11) is 1.38. The van der Waals surface area contributed by atoms with Gasteiger partial charge in [0.1, 0.15) is 6.61 Å². The van der Waals surface area contributed by atoms with Crippen molar-refractivity contribution in [3.8, 4) is 5.75 Å². The summed E-state index contributed by atoms with van der Waals surface area (Å²) in [5, 5.41) is 0. The average Bonchev–Trinajstić information content (AvgIpc) is 2.33. The number of methoxy groups -OCH3 is 1. The van der Waals surface area contributed by atoms with E-state index in [0.717, 1.165) is 6.42 Å². The van der Waals surface area contributed by atoms with Crippen molar-refractivity contribution in [1.29, 1.82) is 0 Å². The van der Waals surface area contributed by atoms with Crippen LogP contribution in [0.3, 0.4) is 0 Å². The van der Waals surface area contributed by atoms with Crippen LogP contribution in [0.5, 0.6) is 5.75 Å². The van der Waals surface area contributed by atoms with E-state index in [9.17, 15) is 9.18 Å². The molecule has 0 spiro atoms. The molecule has 1 aromatic carbocycles. The Hall–Kier alpha value is -1.42. The first kappa shape index (κ1) is 15.6. The Kier molecular flexibility index (Phi) is 5.48. The number of halogens is 1. The molecule has 3 nitrogen and oxygen atoms in total. The van der Waals surface area contributed by atoms with Crippen LogP contribution in [-0.2, 0) is 4.74 Å². The number of hydrogen-bond donors (Lipinski definition) is 0. The van der Waals surface area contributed by atoms with Crippen LogP contribution in [0.25, 0.3) is 0 Å². The summed E-state index contributed by atoms with van der Waals surface area (Å²) >= 11 is 0. The van der Waals surface area contributed by atoms with Crippen LogP contribution in [0.15, 0.2) is 18.2 Å². The number of ether oxygens (including phenoxy) is 2. The fraction of sp³-hybridized carbons (Fsp3) is 0.533. The molecule has 0 atom stereocenters. The van der Waals surface area contributed by atoms with Crippen molar-refractivity contribution < 1.29 is 18.7 Å². The standard InChI is InChI=1S/C15H21FO3/c1-15(2,3)7-8-19-10-13(17)11-5-6-14(18-4)12(16)9-11/h5-6,9H,7-8,10H2,1-4H3. The first-order valence-corrected chi connectivity index (χ1v) is 6.28.